The quantitative estimate of drug-likeness (QED) is 0.718. The van der Waals surface area contributed by atoms with Crippen LogP contribution in [0.1, 0.15) is 34.1 Å². The van der Waals surface area contributed by atoms with Gasteiger partial charge in [-0.1, -0.05) is 13.8 Å². The van der Waals surface area contributed by atoms with E-state index in [1.807, 2.05) is 13.8 Å². The Labute approximate surface area is 93.9 Å². The standard InChI is InChI=1S/C10H24N2O2S/c1-9(2)8-12(7-5-6-11)15(13,14)10(3)4/h9-10H,5-8,11H2,1-4H3. The van der Waals surface area contributed by atoms with Gasteiger partial charge in [-0.25, -0.2) is 12.7 Å². The second kappa shape index (κ2) is 6.45. The molecule has 0 amide bonds. The summed E-state index contributed by atoms with van der Waals surface area (Å²) in [6.07, 6.45) is 0.721. The molecule has 0 fully saturated rings. The fraction of sp³-hybridized carbons (Fsp3) is 1.00. The van der Waals surface area contributed by atoms with Crippen molar-refractivity contribution in [3.63, 3.8) is 0 Å². The minimum absolute atomic E-state index is 0.344. The Hall–Kier alpha value is -0.130. The van der Waals surface area contributed by atoms with Gasteiger partial charge in [-0.2, -0.15) is 0 Å². The predicted molar refractivity (Wildman–Crippen MR) is 64.1 cm³/mol. The zero-order chi connectivity index (χ0) is 12.1. The first-order valence-corrected chi connectivity index (χ1v) is 7.01. The fourth-order valence-electron chi connectivity index (χ4n) is 1.30. The summed E-state index contributed by atoms with van der Waals surface area (Å²) >= 11 is 0. The molecule has 0 aliphatic heterocycles. The van der Waals surface area contributed by atoms with Crippen molar-refractivity contribution in [1.29, 1.82) is 0 Å². The van der Waals surface area contributed by atoms with Crippen molar-refractivity contribution in [3.8, 4) is 0 Å². The summed E-state index contributed by atoms with van der Waals surface area (Å²) in [5.41, 5.74) is 5.41. The van der Waals surface area contributed by atoms with Crippen LogP contribution < -0.4 is 5.73 Å². The van der Waals surface area contributed by atoms with Crippen molar-refractivity contribution in [2.75, 3.05) is 19.6 Å². The number of rotatable bonds is 7. The zero-order valence-corrected chi connectivity index (χ0v) is 11.0. The molecule has 0 radical (unpaired) electrons. The lowest BCUT2D eigenvalue weighted by Gasteiger charge is -2.25. The van der Waals surface area contributed by atoms with Crippen LogP contribution >= 0.6 is 0 Å². The minimum Gasteiger partial charge on any atom is -0.330 e. The summed E-state index contributed by atoms with van der Waals surface area (Å²) in [5, 5.41) is -0.353. The lowest BCUT2D eigenvalue weighted by Crippen LogP contribution is -2.39. The maximum atomic E-state index is 12.0. The highest BCUT2D eigenvalue weighted by Gasteiger charge is 2.25. The highest BCUT2D eigenvalue weighted by atomic mass is 32.2. The van der Waals surface area contributed by atoms with Gasteiger partial charge in [-0.15, -0.1) is 0 Å². The van der Waals surface area contributed by atoms with Crippen LogP contribution in [0.4, 0.5) is 0 Å². The van der Waals surface area contributed by atoms with Crippen LogP contribution in [0.2, 0.25) is 0 Å². The van der Waals surface area contributed by atoms with E-state index in [0.29, 0.717) is 25.6 Å². The van der Waals surface area contributed by atoms with E-state index in [2.05, 4.69) is 0 Å². The predicted octanol–water partition coefficient (Wildman–Crippen LogP) is 1.03. The van der Waals surface area contributed by atoms with Gasteiger partial charge in [0.2, 0.25) is 10.0 Å². The van der Waals surface area contributed by atoms with E-state index < -0.39 is 10.0 Å². The maximum absolute atomic E-state index is 12.0. The molecule has 0 spiro atoms. The number of nitrogens with two attached hydrogens (primary N) is 1. The largest absolute Gasteiger partial charge is 0.330 e. The molecule has 0 rings (SSSR count). The third kappa shape index (κ3) is 4.95. The summed E-state index contributed by atoms with van der Waals surface area (Å²) in [7, 11) is -3.13. The number of hydrogen-bond donors (Lipinski definition) is 1. The maximum Gasteiger partial charge on any atom is 0.216 e. The monoisotopic (exact) mass is 236 g/mol. The molecule has 92 valence electrons. The Morgan fingerprint density at radius 1 is 1.20 bits per heavy atom. The van der Waals surface area contributed by atoms with E-state index >= 15 is 0 Å². The van der Waals surface area contributed by atoms with Gasteiger partial charge in [0.1, 0.15) is 0 Å². The van der Waals surface area contributed by atoms with E-state index in [0.717, 1.165) is 6.42 Å². The lowest BCUT2D eigenvalue weighted by atomic mass is 10.2. The van der Waals surface area contributed by atoms with Crippen LogP contribution in [0.25, 0.3) is 0 Å². The fourth-order valence-corrected chi connectivity index (χ4v) is 2.78. The lowest BCUT2D eigenvalue weighted by molar-refractivity contribution is 0.361. The summed E-state index contributed by atoms with van der Waals surface area (Å²) in [6, 6.07) is 0. The third-order valence-corrected chi connectivity index (χ3v) is 4.38. The molecule has 0 unspecified atom stereocenters. The minimum atomic E-state index is -3.13. The molecule has 0 aromatic rings. The molecule has 0 aliphatic rings. The molecular weight excluding hydrogens is 212 g/mol. The van der Waals surface area contributed by atoms with Crippen LogP contribution in [0.5, 0.6) is 0 Å². The Morgan fingerprint density at radius 3 is 2.07 bits per heavy atom. The van der Waals surface area contributed by atoms with Crippen LogP contribution in [0.15, 0.2) is 0 Å². The van der Waals surface area contributed by atoms with Crippen molar-refractivity contribution in [2.45, 2.75) is 39.4 Å². The first-order valence-electron chi connectivity index (χ1n) is 5.51. The smallest absolute Gasteiger partial charge is 0.216 e. The number of nitrogens with zero attached hydrogens (tertiary/aromatic N) is 1. The molecule has 0 saturated heterocycles. The van der Waals surface area contributed by atoms with Gasteiger partial charge in [0.05, 0.1) is 5.25 Å². The summed E-state index contributed by atoms with van der Waals surface area (Å²) in [6.45, 7) is 9.12. The van der Waals surface area contributed by atoms with Crippen molar-refractivity contribution < 1.29 is 8.42 Å². The van der Waals surface area contributed by atoms with Crippen LogP contribution in [0.3, 0.4) is 0 Å². The van der Waals surface area contributed by atoms with E-state index in [1.54, 1.807) is 18.2 Å². The highest BCUT2D eigenvalue weighted by Crippen LogP contribution is 2.11. The van der Waals surface area contributed by atoms with Gasteiger partial charge in [-0.3, -0.25) is 0 Å². The molecule has 0 bridgehead atoms. The van der Waals surface area contributed by atoms with Gasteiger partial charge in [0.25, 0.3) is 0 Å². The molecule has 0 aliphatic carbocycles. The van der Waals surface area contributed by atoms with E-state index in [1.165, 1.54) is 0 Å². The van der Waals surface area contributed by atoms with E-state index in [9.17, 15) is 8.42 Å². The van der Waals surface area contributed by atoms with E-state index in [4.69, 9.17) is 5.73 Å². The topological polar surface area (TPSA) is 63.4 Å². The molecule has 5 heteroatoms. The highest BCUT2D eigenvalue weighted by molar-refractivity contribution is 7.89. The van der Waals surface area contributed by atoms with Crippen molar-refractivity contribution >= 4 is 10.0 Å². The Kier molecular flexibility index (Phi) is 6.40. The Balaban J connectivity index is 4.61. The number of hydrogen-bond acceptors (Lipinski definition) is 3. The second-order valence-electron chi connectivity index (χ2n) is 4.49. The van der Waals surface area contributed by atoms with Crippen LogP contribution in [-0.4, -0.2) is 37.6 Å². The SMILES string of the molecule is CC(C)CN(CCCN)S(=O)(=O)C(C)C. The molecule has 0 heterocycles. The second-order valence-corrected chi connectivity index (χ2v) is 6.98. The Bertz CT molecular complexity index is 261. The average molecular weight is 236 g/mol. The summed E-state index contributed by atoms with van der Waals surface area (Å²) < 4.78 is 25.5. The summed E-state index contributed by atoms with van der Waals surface area (Å²) in [4.78, 5) is 0. The first-order chi connectivity index (χ1) is 6.82. The van der Waals surface area contributed by atoms with E-state index in [-0.39, 0.29) is 5.25 Å². The average Bonchev–Trinajstić information content (AvgIpc) is 2.11. The molecule has 15 heavy (non-hydrogen) atoms. The van der Waals surface area contributed by atoms with Gasteiger partial charge in [0.15, 0.2) is 0 Å². The van der Waals surface area contributed by atoms with Gasteiger partial charge in [-0.05, 0) is 32.7 Å². The molecule has 2 N–H and O–H groups in total. The molecule has 4 nitrogen and oxygen atoms in total. The Morgan fingerprint density at radius 2 is 1.73 bits per heavy atom. The van der Waals surface area contributed by atoms with Crippen LogP contribution in [0, 0.1) is 5.92 Å². The summed E-state index contributed by atoms with van der Waals surface area (Å²) in [5.74, 6) is 0.344. The van der Waals surface area contributed by atoms with Gasteiger partial charge < -0.3 is 5.73 Å². The molecule has 0 atom stereocenters. The third-order valence-electron chi connectivity index (χ3n) is 2.14. The first kappa shape index (κ1) is 14.9. The molecular formula is C10H24N2O2S. The number of sulfonamides is 1. The molecule has 0 saturated carbocycles. The van der Waals surface area contributed by atoms with Crippen molar-refractivity contribution in [2.24, 2.45) is 11.7 Å². The van der Waals surface area contributed by atoms with Gasteiger partial charge >= 0.3 is 0 Å². The normalized spacial score (nSPS) is 13.1. The molecule has 0 aromatic carbocycles. The van der Waals surface area contributed by atoms with Crippen LogP contribution in [-0.2, 0) is 10.0 Å². The van der Waals surface area contributed by atoms with Gasteiger partial charge in [0, 0.05) is 13.1 Å². The van der Waals surface area contributed by atoms with Crippen molar-refractivity contribution in [1.82, 2.24) is 4.31 Å². The van der Waals surface area contributed by atoms with Crippen molar-refractivity contribution in [3.05, 3.63) is 0 Å². The zero-order valence-electron chi connectivity index (χ0n) is 10.2. The molecule has 0 aromatic heterocycles.